The highest BCUT2D eigenvalue weighted by molar-refractivity contribution is 7.97. The number of carbonyl (C=O) groups excluding carboxylic acids is 1. The van der Waals surface area contributed by atoms with Gasteiger partial charge in [-0.15, -0.1) is 0 Å². The van der Waals surface area contributed by atoms with Crippen LogP contribution in [-0.4, -0.2) is 72.7 Å². The summed E-state index contributed by atoms with van der Waals surface area (Å²) in [7, 11) is 2.24. The van der Waals surface area contributed by atoms with Crippen LogP contribution in [0, 0.1) is 5.92 Å². The summed E-state index contributed by atoms with van der Waals surface area (Å²) in [6.45, 7) is 22.1. The number of nitrogens with zero attached hydrogens (tertiary/aromatic N) is 3. The molecule has 0 saturated carbocycles. The van der Waals surface area contributed by atoms with Crippen LogP contribution in [0.5, 0.6) is 0 Å². The zero-order chi connectivity index (χ0) is 28.3. The number of nitrogens with two attached hydrogens (primary N) is 1. The van der Waals surface area contributed by atoms with Crippen molar-refractivity contribution in [3.05, 3.63) is 18.2 Å². The first-order chi connectivity index (χ1) is 17.2. The fourth-order valence-corrected chi connectivity index (χ4v) is 4.82. The molecule has 2 saturated heterocycles. The molecule has 0 bridgehead atoms. The Hall–Kier alpha value is -1.39. The Bertz CT molecular complexity index is 801. The topological polar surface area (TPSA) is 90.2 Å². The van der Waals surface area contributed by atoms with Gasteiger partial charge in [0, 0.05) is 25.2 Å². The maximum absolute atomic E-state index is 9.60. The van der Waals surface area contributed by atoms with E-state index >= 15 is 0 Å². The Labute approximate surface area is 230 Å². The second kappa shape index (κ2) is 15.3. The Kier molecular flexibility index (Phi) is 13.9. The maximum Gasteiger partial charge on any atom is 0.293 e. The number of hydrogen-bond acceptors (Lipinski definition) is 9. The van der Waals surface area contributed by atoms with Crippen molar-refractivity contribution in [2.75, 3.05) is 38.2 Å². The first-order valence-corrected chi connectivity index (χ1v) is 14.4. The number of ether oxygens (including phenoxy) is 3. The molecular weight excluding hydrogens is 488 g/mol. The maximum atomic E-state index is 9.60. The first kappa shape index (κ1) is 33.6. The van der Waals surface area contributed by atoms with Crippen molar-refractivity contribution >= 4 is 24.2 Å². The number of anilines is 1. The van der Waals surface area contributed by atoms with Gasteiger partial charge in [-0.3, -0.25) is 9.93 Å². The van der Waals surface area contributed by atoms with Crippen molar-refractivity contribution in [3.63, 3.8) is 0 Å². The number of likely N-dealkylation sites (tertiary alicyclic amines) is 1. The second-order valence-electron chi connectivity index (χ2n) is 11.6. The Morgan fingerprint density at radius 1 is 1.27 bits per heavy atom. The molecule has 0 radical (unpaired) electrons. The lowest BCUT2D eigenvalue weighted by molar-refractivity contribution is -0.139. The minimum Gasteiger partial charge on any atom is -0.462 e. The third kappa shape index (κ3) is 12.3. The van der Waals surface area contributed by atoms with Gasteiger partial charge in [0.2, 0.25) is 0 Å². The smallest absolute Gasteiger partial charge is 0.293 e. The van der Waals surface area contributed by atoms with E-state index < -0.39 is 5.79 Å². The zero-order valence-corrected chi connectivity index (χ0v) is 25.7. The summed E-state index contributed by atoms with van der Waals surface area (Å²) >= 11 is 1.19. The first-order valence-electron chi connectivity index (χ1n) is 13.5. The number of hydrogen-bond donors (Lipinski definition) is 1. The molecule has 0 amide bonds. The van der Waals surface area contributed by atoms with E-state index in [0.29, 0.717) is 18.6 Å². The monoisotopic (exact) mass is 540 g/mol. The van der Waals surface area contributed by atoms with Crippen LogP contribution in [0.15, 0.2) is 23.2 Å². The third-order valence-corrected chi connectivity index (χ3v) is 6.91. The predicted octanol–water partition coefficient (Wildman–Crippen LogP) is 5.50. The molecule has 1 aromatic rings. The van der Waals surface area contributed by atoms with Gasteiger partial charge >= 0.3 is 0 Å². The van der Waals surface area contributed by atoms with Gasteiger partial charge in [0.25, 0.3) is 6.47 Å². The van der Waals surface area contributed by atoms with Crippen LogP contribution >= 0.6 is 11.9 Å². The Morgan fingerprint density at radius 3 is 2.41 bits per heavy atom. The van der Waals surface area contributed by atoms with E-state index in [1.165, 1.54) is 31.3 Å². The molecule has 0 aliphatic carbocycles. The third-order valence-electron chi connectivity index (χ3n) is 6.44. The number of aromatic nitrogens is 1. The van der Waals surface area contributed by atoms with E-state index in [9.17, 15) is 4.79 Å². The zero-order valence-electron chi connectivity index (χ0n) is 24.9. The van der Waals surface area contributed by atoms with Gasteiger partial charge in [-0.1, -0.05) is 19.9 Å². The van der Waals surface area contributed by atoms with Crippen LogP contribution in [0.4, 0.5) is 5.82 Å². The summed E-state index contributed by atoms with van der Waals surface area (Å²) in [6, 6.07) is 6.03. The number of rotatable bonds is 9. The van der Waals surface area contributed by atoms with Crippen LogP contribution in [0.1, 0.15) is 81.6 Å². The van der Waals surface area contributed by atoms with Crippen molar-refractivity contribution < 1.29 is 19.0 Å². The van der Waals surface area contributed by atoms with Crippen LogP contribution in [-0.2, 0) is 19.0 Å². The average Bonchev–Trinajstić information content (AvgIpc) is 3.30. The van der Waals surface area contributed by atoms with E-state index in [-0.39, 0.29) is 11.7 Å². The molecule has 214 valence electrons. The fraction of sp³-hybridized carbons (Fsp3) is 0.786. The van der Waals surface area contributed by atoms with Gasteiger partial charge in [-0.25, -0.2) is 4.98 Å². The SMILES string of the molecule is CC.CC(C)(C)OC=O.CN1CC(CCCN(CC2COC(C)(C)O2)c2cccc(SN)n2)CC1(C)C. The number of carbonyl (C=O) groups is 1. The summed E-state index contributed by atoms with van der Waals surface area (Å²) in [5.74, 6) is 1.23. The lowest BCUT2D eigenvalue weighted by Gasteiger charge is -2.27. The van der Waals surface area contributed by atoms with E-state index in [1.54, 1.807) is 0 Å². The lowest BCUT2D eigenvalue weighted by atomic mass is 9.93. The summed E-state index contributed by atoms with van der Waals surface area (Å²) in [5.41, 5.74) is 0.000941. The second-order valence-corrected chi connectivity index (χ2v) is 12.2. The summed E-state index contributed by atoms with van der Waals surface area (Å²) in [4.78, 5) is 19.1. The highest BCUT2D eigenvalue weighted by atomic mass is 32.2. The van der Waals surface area contributed by atoms with Gasteiger partial charge in [-0.05, 0) is 105 Å². The molecule has 2 aliphatic heterocycles. The molecule has 37 heavy (non-hydrogen) atoms. The van der Waals surface area contributed by atoms with E-state index in [0.717, 1.165) is 36.3 Å². The molecule has 0 spiro atoms. The molecule has 2 fully saturated rings. The quantitative estimate of drug-likeness (QED) is 0.322. The van der Waals surface area contributed by atoms with Gasteiger partial charge in [-0.2, -0.15) is 0 Å². The van der Waals surface area contributed by atoms with Gasteiger partial charge in [0.15, 0.2) is 5.79 Å². The van der Waals surface area contributed by atoms with Crippen molar-refractivity contribution in [1.82, 2.24) is 9.88 Å². The molecule has 0 aromatic carbocycles. The molecule has 2 atom stereocenters. The lowest BCUT2D eigenvalue weighted by Crippen LogP contribution is -2.36. The van der Waals surface area contributed by atoms with Crippen molar-refractivity contribution in [2.24, 2.45) is 11.1 Å². The van der Waals surface area contributed by atoms with Crippen molar-refractivity contribution in [2.45, 2.75) is 110 Å². The van der Waals surface area contributed by atoms with Crippen LogP contribution in [0.2, 0.25) is 0 Å². The highest BCUT2D eigenvalue weighted by Gasteiger charge is 2.36. The van der Waals surface area contributed by atoms with E-state index in [4.69, 9.17) is 19.6 Å². The predicted molar refractivity (Wildman–Crippen MR) is 154 cm³/mol. The summed E-state index contributed by atoms with van der Waals surface area (Å²) in [6.07, 6.45) is 3.72. The molecule has 3 heterocycles. The molecule has 1 aromatic heterocycles. The molecule has 2 N–H and O–H groups in total. The summed E-state index contributed by atoms with van der Waals surface area (Å²) in [5, 5.41) is 6.56. The molecule has 8 nitrogen and oxygen atoms in total. The Balaban J connectivity index is 0.000000659. The number of pyridine rings is 1. The molecular formula is C28H52N4O4S. The minimum absolute atomic E-state index is 0.0579. The Morgan fingerprint density at radius 2 is 1.95 bits per heavy atom. The van der Waals surface area contributed by atoms with Crippen molar-refractivity contribution in [1.29, 1.82) is 0 Å². The summed E-state index contributed by atoms with van der Waals surface area (Å²) < 4.78 is 16.4. The van der Waals surface area contributed by atoms with Crippen LogP contribution in [0.3, 0.4) is 0 Å². The molecule has 3 rings (SSSR count). The fourth-order valence-electron chi connectivity index (χ4n) is 4.51. The van der Waals surface area contributed by atoms with Crippen molar-refractivity contribution in [3.8, 4) is 0 Å². The van der Waals surface area contributed by atoms with Gasteiger partial charge in [0.05, 0.1) is 6.61 Å². The highest BCUT2D eigenvalue weighted by Crippen LogP contribution is 2.33. The van der Waals surface area contributed by atoms with E-state index in [1.807, 2.05) is 60.6 Å². The average molecular weight is 541 g/mol. The van der Waals surface area contributed by atoms with E-state index in [2.05, 4.69) is 41.5 Å². The van der Waals surface area contributed by atoms with Gasteiger partial charge in [0.1, 0.15) is 22.5 Å². The molecule has 2 unspecified atom stereocenters. The molecule has 9 heteroatoms. The normalized spacial score (nSPS) is 22.4. The van der Waals surface area contributed by atoms with Crippen LogP contribution in [0.25, 0.3) is 0 Å². The standard InChI is InChI=1S/C21H36N4O2S.C5H10O2.C2H6/c1-20(2)12-16(13-24(20)5)8-7-11-25(14-17-15-26-21(3,4)27-17)18-9-6-10-19(23-18)28-22;1-5(2,3)7-4-6;1-2/h6,9-10,16-17H,7-8,11-15,22H2,1-5H3;4H,1-3H3;1-2H3. The van der Waals surface area contributed by atoms with Crippen LogP contribution < -0.4 is 10.0 Å². The minimum atomic E-state index is -0.501. The molecule has 2 aliphatic rings. The van der Waals surface area contributed by atoms with Gasteiger partial charge < -0.3 is 24.0 Å². The largest absolute Gasteiger partial charge is 0.462 e.